The zero-order chi connectivity index (χ0) is 18.6. The van der Waals surface area contributed by atoms with E-state index < -0.39 is 5.97 Å². The van der Waals surface area contributed by atoms with Gasteiger partial charge in [0.05, 0.1) is 11.6 Å². The molecule has 3 aromatic carbocycles. The molecule has 4 nitrogen and oxygen atoms in total. The minimum Gasteiger partial charge on any atom is -0.402 e. The van der Waals surface area contributed by atoms with Crippen molar-refractivity contribution in [3.63, 3.8) is 0 Å². The van der Waals surface area contributed by atoms with E-state index in [0.717, 1.165) is 22.3 Å². The van der Waals surface area contributed by atoms with Crippen LogP contribution in [0.5, 0.6) is 0 Å². The number of ether oxygens (including phenoxy) is 1. The number of esters is 1. The van der Waals surface area contributed by atoms with Crippen molar-refractivity contribution >= 4 is 17.9 Å². The first kappa shape index (κ1) is 16.5. The molecule has 1 heterocycles. The maximum atomic E-state index is 12.1. The van der Waals surface area contributed by atoms with Crippen LogP contribution >= 0.6 is 0 Å². The molecule has 0 radical (unpaired) electrons. The summed E-state index contributed by atoms with van der Waals surface area (Å²) in [6.45, 7) is 0. The van der Waals surface area contributed by atoms with Gasteiger partial charge in [0, 0.05) is 5.56 Å². The van der Waals surface area contributed by atoms with E-state index in [1.165, 1.54) is 0 Å². The van der Waals surface area contributed by atoms with Gasteiger partial charge in [-0.05, 0) is 47.0 Å². The standard InChI is InChI=1S/C23H14N2O2/c24-15-17-8-6-16(7-9-17)14-21-23(26)27-22(25-21)20-12-10-19(11-13-20)18-4-2-1-3-5-18/h1-14H/b21-14-. The van der Waals surface area contributed by atoms with Gasteiger partial charge in [-0.1, -0.05) is 54.6 Å². The lowest BCUT2D eigenvalue weighted by Crippen LogP contribution is -2.05. The largest absolute Gasteiger partial charge is 0.402 e. The van der Waals surface area contributed by atoms with E-state index in [9.17, 15) is 4.79 Å². The third-order valence-electron chi connectivity index (χ3n) is 4.20. The van der Waals surface area contributed by atoms with Crippen LogP contribution in [0.2, 0.25) is 0 Å². The summed E-state index contributed by atoms with van der Waals surface area (Å²) in [4.78, 5) is 16.4. The van der Waals surface area contributed by atoms with E-state index in [4.69, 9.17) is 10.00 Å². The average molecular weight is 350 g/mol. The molecule has 3 aromatic rings. The normalized spacial score (nSPS) is 14.6. The molecular formula is C23H14N2O2. The summed E-state index contributed by atoms with van der Waals surface area (Å²) in [6.07, 6.45) is 1.65. The van der Waals surface area contributed by atoms with Gasteiger partial charge < -0.3 is 4.74 Å². The third kappa shape index (κ3) is 3.53. The molecule has 0 unspecified atom stereocenters. The number of cyclic esters (lactones) is 1. The van der Waals surface area contributed by atoms with Gasteiger partial charge in [-0.2, -0.15) is 5.26 Å². The maximum Gasteiger partial charge on any atom is 0.363 e. The van der Waals surface area contributed by atoms with Crippen molar-refractivity contribution < 1.29 is 9.53 Å². The van der Waals surface area contributed by atoms with Gasteiger partial charge >= 0.3 is 5.97 Å². The van der Waals surface area contributed by atoms with Crippen molar-refractivity contribution in [2.75, 3.05) is 0 Å². The summed E-state index contributed by atoms with van der Waals surface area (Å²) in [7, 11) is 0. The van der Waals surface area contributed by atoms with Gasteiger partial charge in [0.15, 0.2) is 5.70 Å². The molecule has 0 bridgehead atoms. The Bertz CT molecular complexity index is 1090. The highest BCUT2D eigenvalue weighted by molar-refractivity contribution is 6.12. The Morgan fingerprint density at radius 1 is 0.815 bits per heavy atom. The highest BCUT2D eigenvalue weighted by Gasteiger charge is 2.24. The summed E-state index contributed by atoms with van der Waals surface area (Å²) in [5.41, 5.74) is 4.53. The Balaban J connectivity index is 1.59. The number of nitrogens with zero attached hydrogens (tertiary/aromatic N) is 2. The smallest absolute Gasteiger partial charge is 0.363 e. The number of hydrogen-bond donors (Lipinski definition) is 0. The van der Waals surface area contributed by atoms with Crippen LogP contribution in [-0.2, 0) is 9.53 Å². The van der Waals surface area contributed by atoms with Crippen LogP contribution in [0.1, 0.15) is 16.7 Å². The summed E-state index contributed by atoms with van der Waals surface area (Å²) in [5, 5.41) is 8.85. The predicted molar refractivity (Wildman–Crippen MR) is 104 cm³/mol. The van der Waals surface area contributed by atoms with Crippen LogP contribution in [0.15, 0.2) is 89.6 Å². The second kappa shape index (κ2) is 7.11. The van der Waals surface area contributed by atoms with Crippen LogP contribution in [0.4, 0.5) is 0 Å². The van der Waals surface area contributed by atoms with E-state index in [-0.39, 0.29) is 5.70 Å². The topological polar surface area (TPSA) is 62.4 Å². The Morgan fingerprint density at radius 3 is 2.11 bits per heavy atom. The van der Waals surface area contributed by atoms with Crippen molar-refractivity contribution in [2.45, 2.75) is 0 Å². The highest BCUT2D eigenvalue weighted by atomic mass is 16.6. The molecule has 0 amide bonds. The molecule has 0 spiro atoms. The lowest BCUT2D eigenvalue weighted by molar-refractivity contribution is -0.129. The molecule has 0 saturated carbocycles. The SMILES string of the molecule is N#Cc1ccc(/C=C2\N=C(c3ccc(-c4ccccc4)cc3)OC2=O)cc1. The van der Waals surface area contributed by atoms with Crippen molar-refractivity contribution in [1.82, 2.24) is 0 Å². The first-order valence-electron chi connectivity index (χ1n) is 8.41. The Labute approximate surface area is 156 Å². The number of benzene rings is 3. The van der Waals surface area contributed by atoms with Crippen LogP contribution in [0, 0.1) is 11.3 Å². The predicted octanol–water partition coefficient (Wildman–Crippen LogP) is 4.57. The van der Waals surface area contributed by atoms with Crippen molar-refractivity contribution in [2.24, 2.45) is 4.99 Å². The number of hydrogen-bond acceptors (Lipinski definition) is 4. The van der Waals surface area contributed by atoms with E-state index in [0.29, 0.717) is 11.5 Å². The first-order chi connectivity index (χ1) is 13.2. The molecule has 4 rings (SSSR count). The molecule has 0 N–H and O–H groups in total. The fourth-order valence-corrected chi connectivity index (χ4v) is 2.78. The van der Waals surface area contributed by atoms with Crippen molar-refractivity contribution in [1.29, 1.82) is 5.26 Å². The second-order valence-electron chi connectivity index (χ2n) is 6.01. The molecule has 1 aliphatic heterocycles. The van der Waals surface area contributed by atoms with Gasteiger partial charge in [0.1, 0.15) is 0 Å². The summed E-state index contributed by atoms with van der Waals surface area (Å²) >= 11 is 0. The molecule has 128 valence electrons. The number of carbonyl (C=O) groups excluding carboxylic acids is 1. The van der Waals surface area contributed by atoms with Crippen molar-refractivity contribution in [3.05, 3.63) is 101 Å². The summed E-state index contributed by atoms with van der Waals surface area (Å²) in [6, 6.07) is 26.8. The summed E-state index contributed by atoms with van der Waals surface area (Å²) in [5.74, 6) is -0.194. The lowest BCUT2D eigenvalue weighted by Gasteiger charge is -2.03. The van der Waals surface area contributed by atoms with Crippen LogP contribution < -0.4 is 0 Å². The molecule has 27 heavy (non-hydrogen) atoms. The fraction of sp³-hybridized carbons (Fsp3) is 0. The highest BCUT2D eigenvalue weighted by Crippen LogP contribution is 2.23. The third-order valence-corrected chi connectivity index (χ3v) is 4.20. The van der Waals surface area contributed by atoms with Gasteiger partial charge in [-0.15, -0.1) is 0 Å². The number of rotatable bonds is 3. The average Bonchev–Trinajstić information content (AvgIpc) is 3.10. The second-order valence-corrected chi connectivity index (χ2v) is 6.01. The monoisotopic (exact) mass is 350 g/mol. The van der Waals surface area contributed by atoms with Crippen LogP contribution in [0.3, 0.4) is 0 Å². The Hall–Kier alpha value is -3.97. The van der Waals surface area contributed by atoms with Gasteiger partial charge in [0.25, 0.3) is 0 Å². The Morgan fingerprint density at radius 2 is 1.44 bits per heavy atom. The van der Waals surface area contributed by atoms with Crippen LogP contribution in [-0.4, -0.2) is 11.9 Å². The molecule has 0 atom stereocenters. The van der Waals surface area contributed by atoms with E-state index in [1.807, 2.05) is 54.6 Å². The minimum atomic E-state index is -0.485. The number of aliphatic imine (C=N–C) groups is 1. The van der Waals surface area contributed by atoms with Crippen LogP contribution in [0.25, 0.3) is 17.2 Å². The lowest BCUT2D eigenvalue weighted by atomic mass is 10.0. The molecule has 4 heteroatoms. The number of nitriles is 1. The van der Waals surface area contributed by atoms with E-state index >= 15 is 0 Å². The number of carbonyl (C=O) groups is 1. The zero-order valence-corrected chi connectivity index (χ0v) is 14.3. The van der Waals surface area contributed by atoms with E-state index in [1.54, 1.807) is 30.3 Å². The van der Waals surface area contributed by atoms with Gasteiger partial charge in [-0.3, -0.25) is 0 Å². The fourth-order valence-electron chi connectivity index (χ4n) is 2.78. The Kier molecular flexibility index (Phi) is 4.34. The first-order valence-corrected chi connectivity index (χ1v) is 8.41. The minimum absolute atomic E-state index is 0.238. The van der Waals surface area contributed by atoms with E-state index in [2.05, 4.69) is 11.1 Å². The van der Waals surface area contributed by atoms with Gasteiger partial charge in [0.2, 0.25) is 5.90 Å². The molecule has 1 aliphatic rings. The molecule has 0 fully saturated rings. The molecule has 0 aromatic heterocycles. The molecule has 0 aliphatic carbocycles. The quantitative estimate of drug-likeness (QED) is 0.513. The van der Waals surface area contributed by atoms with Gasteiger partial charge in [-0.25, -0.2) is 9.79 Å². The van der Waals surface area contributed by atoms with Crippen molar-refractivity contribution in [3.8, 4) is 17.2 Å². The zero-order valence-electron chi connectivity index (χ0n) is 14.3. The summed E-state index contributed by atoms with van der Waals surface area (Å²) < 4.78 is 5.31. The molecular weight excluding hydrogens is 336 g/mol. The maximum absolute atomic E-state index is 12.1. The molecule has 0 saturated heterocycles.